The Morgan fingerprint density at radius 2 is 1.93 bits per heavy atom. The highest BCUT2D eigenvalue weighted by molar-refractivity contribution is 7.39. The minimum Gasteiger partial charge on any atom is -0.349 e. The third-order valence-corrected chi connectivity index (χ3v) is 3.02. The molecule has 0 aliphatic carbocycles. The standard InChI is InChI=1S/C9H10Cl2O3P/c1-6(12)15(13)14-5-7-2-8(10)4-9(11)3-7/h2-4,6,12H,5H2,1H3/q+1. The fraction of sp³-hybridized carbons (Fsp3) is 0.333. The second kappa shape index (κ2) is 5.78. The van der Waals surface area contributed by atoms with Crippen LogP contribution < -0.4 is 0 Å². The molecule has 0 saturated carbocycles. The molecule has 0 aromatic heterocycles. The molecule has 0 heterocycles. The maximum Gasteiger partial charge on any atom is 0.540 e. The highest BCUT2D eigenvalue weighted by Crippen LogP contribution is 2.29. The van der Waals surface area contributed by atoms with Gasteiger partial charge in [-0.1, -0.05) is 23.2 Å². The molecule has 0 saturated heterocycles. The third-order valence-electron chi connectivity index (χ3n) is 1.59. The first-order chi connectivity index (χ1) is 6.99. The van der Waals surface area contributed by atoms with Crippen LogP contribution in [0.4, 0.5) is 0 Å². The van der Waals surface area contributed by atoms with Gasteiger partial charge in [0.05, 0.1) is 0 Å². The van der Waals surface area contributed by atoms with Crippen LogP contribution in [0.5, 0.6) is 0 Å². The van der Waals surface area contributed by atoms with Crippen molar-refractivity contribution in [3.63, 3.8) is 0 Å². The molecule has 1 rings (SSSR count). The molecule has 2 unspecified atom stereocenters. The van der Waals surface area contributed by atoms with Crippen LogP contribution in [-0.2, 0) is 15.7 Å². The van der Waals surface area contributed by atoms with Gasteiger partial charge in [0.1, 0.15) is 6.61 Å². The first-order valence-corrected chi connectivity index (χ1v) is 6.21. The monoisotopic (exact) mass is 267 g/mol. The Morgan fingerprint density at radius 3 is 2.40 bits per heavy atom. The molecule has 0 spiro atoms. The SMILES string of the molecule is CC(O)[P+](=O)OCc1cc(Cl)cc(Cl)c1. The highest BCUT2D eigenvalue weighted by Gasteiger charge is 2.25. The third kappa shape index (κ3) is 4.45. The fourth-order valence-electron chi connectivity index (χ4n) is 0.940. The zero-order chi connectivity index (χ0) is 11.4. The molecule has 0 bridgehead atoms. The van der Waals surface area contributed by atoms with Gasteiger partial charge in [-0.05, 0) is 28.3 Å². The summed E-state index contributed by atoms with van der Waals surface area (Å²) in [7, 11) is -2.06. The zero-order valence-corrected chi connectivity index (χ0v) is 10.4. The Kier molecular flexibility index (Phi) is 4.97. The van der Waals surface area contributed by atoms with E-state index in [1.54, 1.807) is 18.2 Å². The fourth-order valence-corrected chi connectivity index (χ4v) is 2.00. The van der Waals surface area contributed by atoms with E-state index in [4.69, 9.17) is 32.8 Å². The topological polar surface area (TPSA) is 46.5 Å². The number of benzene rings is 1. The summed E-state index contributed by atoms with van der Waals surface area (Å²) < 4.78 is 16.0. The van der Waals surface area contributed by atoms with Gasteiger partial charge in [0.2, 0.25) is 0 Å². The van der Waals surface area contributed by atoms with E-state index < -0.39 is 13.9 Å². The molecule has 1 aromatic carbocycles. The predicted molar refractivity (Wildman–Crippen MR) is 60.5 cm³/mol. The zero-order valence-electron chi connectivity index (χ0n) is 7.98. The molecule has 0 amide bonds. The van der Waals surface area contributed by atoms with Gasteiger partial charge in [0.25, 0.3) is 5.85 Å². The van der Waals surface area contributed by atoms with Crippen molar-refractivity contribution in [1.29, 1.82) is 0 Å². The van der Waals surface area contributed by atoms with Gasteiger partial charge < -0.3 is 5.11 Å². The van der Waals surface area contributed by atoms with Crippen LogP contribution >= 0.6 is 31.2 Å². The van der Waals surface area contributed by atoms with Gasteiger partial charge in [-0.25, -0.2) is 0 Å². The van der Waals surface area contributed by atoms with Gasteiger partial charge in [-0.15, -0.1) is 4.52 Å². The number of rotatable bonds is 4. The Labute approximate surface area is 98.8 Å². The van der Waals surface area contributed by atoms with E-state index in [2.05, 4.69) is 0 Å². The summed E-state index contributed by atoms with van der Waals surface area (Å²) in [5.74, 6) is -0.977. The van der Waals surface area contributed by atoms with Crippen molar-refractivity contribution in [3.8, 4) is 0 Å². The van der Waals surface area contributed by atoms with Crippen molar-refractivity contribution >= 4 is 31.2 Å². The molecule has 0 fully saturated rings. The quantitative estimate of drug-likeness (QED) is 0.849. The van der Waals surface area contributed by atoms with Crippen LogP contribution in [0.25, 0.3) is 0 Å². The molecule has 1 N–H and O–H groups in total. The van der Waals surface area contributed by atoms with E-state index in [0.29, 0.717) is 10.0 Å². The van der Waals surface area contributed by atoms with Crippen LogP contribution in [0, 0.1) is 0 Å². The van der Waals surface area contributed by atoms with Crippen molar-refractivity contribution in [1.82, 2.24) is 0 Å². The number of halogens is 2. The maximum absolute atomic E-state index is 11.1. The van der Waals surface area contributed by atoms with Gasteiger partial charge >= 0.3 is 8.03 Å². The molecule has 82 valence electrons. The first kappa shape index (κ1) is 12.9. The molecule has 3 nitrogen and oxygen atoms in total. The molecule has 0 aliphatic rings. The summed E-state index contributed by atoms with van der Waals surface area (Å²) in [6, 6.07) is 4.93. The average molecular weight is 268 g/mol. The lowest BCUT2D eigenvalue weighted by Crippen LogP contribution is -1.95. The van der Waals surface area contributed by atoms with Gasteiger partial charge in [0, 0.05) is 17.0 Å². The lowest BCUT2D eigenvalue weighted by atomic mass is 10.2. The van der Waals surface area contributed by atoms with E-state index in [1.165, 1.54) is 6.92 Å². The van der Waals surface area contributed by atoms with Crippen LogP contribution in [-0.4, -0.2) is 11.0 Å². The Hall–Kier alpha value is -0.180. The number of aliphatic hydroxyl groups is 1. The van der Waals surface area contributed by atoms with Gasteiger partial charge in [-0.3, -0.25) is 0 Å². The first-order valence-electron chi connectivity index (χ1n) is 4.21. The van der Waals surface area contributed by atoms with Crippen LogP contribution in [0.3, 0.4) is 0 Å². The summed E-state index contributed by atoms with van der Waals surface area (Å²) in [6.45, 7) is 1.52. The van der Waals surface area contributed by atoms with E-state index in [1.807, 2.05) is 0 Å². The smallest absolute Gasteiger partial charge is 0.349 e. The van der Waals surface area contributed by atoms with Crippen molar-refractivity contribution in [2.75, 3.05) is 0 Å². The molecular weight excluding hydrogens is 258 g/mol. The lowest BCUT2D eigenvalue weighted by Gasteiger charge is -1.99. The summed E-state index contributed by atoms with van der Waals surface area (Å²) in [5, 5.41) is 9.93. The van der Waals surface area contributed by atoms with E-state index >= 15 is 0 Å². The second-order valence-electron chi connectivity index (χ2n) is 2.97. The van der Waals surface area contributed by atoms with Crippen molar-refractivity contribution in [3.05, 3.63) is 33.8 Å². The van der Waals surface area contributed by atoms with Gasteiger partial charge in [0.15, 0.2) is 0 Å². The Morgan fingerprint density at radius 1 is 1.40 bits per heavy atom. The largest absolute Gasteiger partial charge is 0.540 e. The molecule has 2 atom stereocenters. The summed E-state index contributed by atoms with van der Waals surface area (Å²) >= 11 is 11.5. The summed E-state index contributed by atoms with van der Waals surface area (Å²) in [4.78, 5) is 0. The molecule has 6 heteroatoms. The van der Waals surface area contributed by atoms with E-state index in [9.17, 15) is 4.57 Å². The summed E-state index contributed by atoms with van der Waals surface area (Å²) in [6.07, 6.45) is 0. The Bertz CT molecular complexity index is 348. The van der Waals surface area contributed by atoms with Crippen molar-refractivity contribution < 1.29 is 14.2 Å². The predicted octanol–water partition coefficient (Wildman–Crippen LogP) is 3.59. The van der Waals surface area contributed by atoms with Crippen molar-refractivity contribution in [2.45, 2.75) is 19.4 Å². The minimum absolute atomic E-state index is 0.111. The van der Waals surface area contributed by atoms with Gasteiger partial charge in [-0.2, -0.15) is 0 Å². The van der Waals surface area contributed by atoms with Crippen LogP contribution in [0.15, 0.2) is 18.2 Å². The second-order valence-corrected chi connectivity index (χ2v) is 5.42. The van der Waals surface area contributed by atoms with E-state index in [-0.39, 0.29) is 6.61 Å². The minimum atomic E-state index is -2.06. The number of hydrogen-bond donors (Lipinski definition) is 1. The van der Waals surface area contributed by atoms with Crippen LogP contribution in [0.1, 0.15) is 12.5 Å². The maximum atomic E-state index is 11.1. The summed E-state index contributed by atoms with van der Waals surface area (Å²) in [5.41, 5.74) is 0.719. The lowest BCUT2D eigenvalue weighted by molar-refractivity contribution is 0.228. The molecular formula is C9H10Cl2O3P+. The van der Waals surface area contributed by atoms with Crippen LogP contribution in [0.2, 0.25) is 10.0 Å². The normalized spacial score (nSPS) is 13.7. The molecule has 1 aromatic rings. The molecule has 0 aliphatic heterocycles. The number of aliphatic hydroxyl groups excluding tert-OH is 1. The molecule has 0 radical (unpaired) electrons. The van der Waals surface area contributed by atoms with E-state index in [0.717, 1.165) is 5.56 Å². The highest BCUT2D eigenvalue weighted by atomic mass is 35.5. The average Bonchev–Trinajstić information content (AvgIpc) is 2.12. The number of hydrogen-bond acceptors (Lipinski definition) is 3. The Balaban J connectivity index is 2.61. The van der Waals surface area contributed by atoms with Crippen molar-refractivity contribution in [2.24, 2.45) is 0 Å². The molecule has 15 heavy (non-hydrogen) atoms.